The van der Waals surface area contributed by atoms with Gasteiger partial charge in [-0.15, -0.1) is 0 Å². The number of benzene rings is 2. The average molecular weight is 576 g/mol. The first-order valence-corrected chi connectivity index (χ1v) is 14.4. The van der Waals surface area contributed by atoms with Gasteiger partial charge in [-0.3, -0.25) is 0 Å². The van der Waals surface area contributed by atoms with E-state index in [9.17, 15) is 30.4 Å². The lowest BCUT2D eigenvalue weighted by Gasteiger charge is -2.51. The Morgan fingerprint density at radius 1 is 1.02 bits per heavy atom. The van der Waals surface area contributed by atoms with E-state index in [2.05, 4.69) is 9.82 Å². The Morgan fingerprint density at radius 2 is 1.68 bits per heavy atom. The standard InChI is InChI=1S/C29H26F5N3O2S/c1-28-15-17-16-35-37(21-7-3-19(30)4-8-21)26(17)14-18(28)2-11-23-24(28)12-13-25(29(32,33)34)27(23)36-40(38,39)22-9-5-20(31)6-10-22/h3-10,12,14,16,23,25,27,36H,2,11,13,15H2,1H3. The van der Waals surface area contributed by atoms with E-state index in [-0.39, 0.29) is 17.1 Å². The second kappa shape index (κ2) is 9.37. The van der Waals surface area contributed by atoms with E-state index in [1.807, 2.05) is 13.0 Å². The Labute approximate surface area is 228 Å². The van der Waals surface area contributed by atoms with E-state index in [1.165, 1.54) is 12.1 Å². The number of hydrogen-bond donors (Lipinski definition) is 1. The van der Waals surface area contributed by atoms with Crippen LogP contribution in [0.3, 0.4) is 0 Å². The van der Waals surface area contributed by atoms with Crippen molar-refractivity contribution < 1.29 is 30.4 Å². The van der Waals surface area contributed by atoms with Crippen LogP contribution in [0.15, 0.2) is 76.8 Å². The molecule has 40 heavy (non-hydrogen) atoms. The molecule has 6 rings (SSSR count). The van der Waals surface area contributed by atoms with Crippen LogP contribution in [0.1, 0.15) is 37.4 Å². The molecule has 5 nitrogen and oxygen atoms in total. The first-order valence-electron chi connectivity index (χ1n) is 13.0. The monoisotopic (exact) mass is 575 g/mol. The molecular formula is C29H26F5N3O2S. The molecular weight excluding hydrogens is 549 g/mol. The zero-order valence-corrected chi connectivity index (χ0v) is 22.2. The zero-order valence-electron chi connectivity index (χ0n) is 21.4. The molecule has 0 radical (unpaired) electrons. The van der Waals surface area contributed by atoms with E-state index in [1.54, 1.807) is 29.1 Å². The molecule has 1 heterocycles. The lowest BCUT2D eigenvalue weighted by Crippen LogP contribution is -2.55. The van der Waals surface area contributed by atoms with Crippen molar-refractivity contribution in [2.24, 2.45) is 17.3 Å². The van der Waals surface area contributed by atoms with Crippen LogP contribution in [0.2, 0.25) is 0 Å². The number of alkyl halides is 3. The summed E-state index contributed by atoms with van der Waals surface area (Å²) >= 11 is 0. The van der Waals surface area contributed by atoms with Gasteiger partial charge in [0.1, 0.15) is 11.6 Å². The molecule has 0 amide bonds. The van der Waals surface area contributed by atoms with Crippen molar-refractivity contribution in [2.45, 2.75) is 49.7 Å². The number of rotatable bonds is 4. The molecule has 0 spiro atoms. The van der Waals surface area contributed by atoms with Gasteiger partial charge in [-0.25, -0.2) is 26.6 Å². The van der Waals surface area contributed by atoms with Crippen LogP contribution in [-0.2, 0) is 16.4 Å². The summed E-state index contributed by atoms with van der Waals surface area (Å²) in [4.78, 5) is -0.288. The fraction of sp³-hybridized carbons (Fsp3) is 0.345. The molecule has 3 aliphatic carbocycles. The molecule has 3 aliphatic rings. The van der Waals surface area contributed by atoms with Gasteiger partial charge in [-0.1, -0.05) is 24.1 Å². The summed E-state index contributed by atoms with van der Waals surface area (Å²) in [6.45, 7) is 1.99. The van der Waals surface area contributed by atoms with Gasteiger partial charge in [0, 0.05) is 11.5 Å². The molecule has 4 unspecified atom stereocenters. The number of allylic oxidation sites excluding steroid dienone is 2. The lowest BCUT2D eigenvalue weighted by atomic mass is 9.55. The lowest BCUT2D eigenvalue weighted by molar-refractivity contribution is -0.185. The molecule has 1 fully saturated rings. The summed E-state index contributed by atoms with van der Waals surface area (Å²) in [5.74, 6) is -3.58. The Morgan fingerprint density at radius 3 is 2.33 bits per heavy atom. The van der Waals surface area contributed by atoms with Gasteiger partial charge < -0.3 is 0 Å². The highest BCUT2D eigenvalue weighted by molar-refractivity contribution is 7.89. The van der Waals surface area contributed by atoms with Gasteiger partial charge in [0.05, 0.1) is 28.4 Å². The summed E-state index contributed by atoms with van der Waals surface area (Å²) in [5, 5.41) is 4.50. The van der Waals surface area contributed by atoms with Crippen molar-refractivity contribution in [1.82, 2.24) is 14.5 Å². The molecule has 3 aromatic rings. The molecule has 11 heteroatoms. The minimum atomic E-state index is -4.62. The largest absolute Gasteiger partial charge is 0.393 e. The van der Waals surface area contributed by atoms with Crippen molar-refractivity contribution in [1.29, 1.82) is 0 Å². The van der Waals surface area contributed by atoms with Crippen LogP contribution < -0.4 is 4.72 Å². The quantitative estimate of drug-likeness (QED) is 0.291. The van der Waals surface area contributed by atoms with Crippen LogP contribution in [0, 0.1) is 28.9 Å². The van der Waals surface area contributed by atoms with E-state index < -0.39 is 45.3 Å². The molecule has 1 saturated carbocycles. The maximum Gasteiger partial charge on any atom is 0.393 e. The highest BCUT2D eigenvalue weighted by Gasteiger charge is 2.55. The molecule has 0 aliphatic heterocycles. The van der Waals surface area contributed by atoms with Crippen molar-refractivity contribution in [3.05, 3.63) is 94.8 Å². The minimum absolute atomic E-state index is 0.288. The molecule has 1 aromatic heterocycles. The third kappa shape index (κ3) is 4.49. The van der Waals surface area contributed by atoms with Crippen LogP contribution in [0.25, 0.3) is 11.8 Å². The van der Waals surface area contributed by atoms with Crippen molar-refractivity contribution in [3.8, 4) is 5.69 Å². The van der Waals surface area contributed by atoms with E-state index in [0.29, 0.717) is 24.9 Å². The van der Waals surface area contributed by atoms with Crippen LogP contribution >= 0.6 is 0 Å². The second-order valence-electron chi connectivity index (χ2n) is 10.9. The average Bonchev–Trinajstić information content (AvgIpc) is 3.29. The topological polar surface area (TPSA) is 64.0 Å². The van der Waals surface area contributed by atoms with E-state index in [0.717, 1.165) is 46.7 Å². The van der Waals surface area contributed by atoms with Gasteiger partial charge in [-0.2, -0.15) is 18.3 Å². The van der Waals surface area contributed by atoms with Gasteiger partial charge in [0.25, 0.3) is 0 Å². The molecule has 0 saturated heterocycles. The Balaban J connectivity index is 1.36. The highest BCUT2D eigenvalue weighted by Crippen LogP contribution is 2.57. The molecule has 210 valence electrons. The number of halogens is 5. The summed E-state index contributed by atoms with van der Waals surface area (Å²) in [6.07, 6.45) is 1.71. The SMILES string of the molecule is CC12Cc3cnn(-c4ccc(F)cc4)c3C=C1CCC1C2=CCC(C(F)(F)F)C1NS(=O)(=O)c1ccc(F)cc1. The van der Waals surface area contributed by atoms with Gasteiger partial charge in [-0.05, 0) is 91.8 Å². The Hall–Kier alpha value is -3.31. The number of hydrogen-bond acceptors (Lipinski definition) is 3. The summed E-state index contributed by atoms with van der Waals surface area (Å²) in [5.41, 5.74) is 3.66. The third-order valence-corrected chi connectivity index (χ3v) is 10.1. The third-order valence-electron chi connectivity index (χ3n) is 8.58. The van der Waals surface area contributed by atoms with Crippen molar-refractivity contribution in [2.75, 3.05) is 0 Å². The Kier molecular flexibility index (Phi) is 6.30. The van der Waals surface area contributed by atoms with E-state index >= 15 is 0 Å². The normalized spacial score (nSPS) is 26.3. The van der Waals surface area contributed by atoms with Crippen LogP contribution in [0.4, 0.5) is 22.0 Å². The van der Waals surface area contributed by atoms with E-state index in [4.69, 9.17) is 0 Å². The van der Waals surface area contributed by atoms with Crippen LogP contribution in [-0.4, -0.2) is 30.4 Å². The number of nitrogens with zero attached hydrogens (tertiary/aromatic N) is 2. The van der Waals surface area contributed by atoms with Gasteiger partial charge >= 0.3 is 6.18 Å². The maximum atomic E-state index is 14.2. The molecule has 4 atom stereocenters. The van der Waals surface area contributed by atoms with Gasteiger partial charge in [0.2, 0.25) is 10.0 Å². The Bertz CT molecular complexity index is 1630. The van der Waals surface area contributed by atoms with Crippen molar-refractivity contribution >= 4 is 16.1 Å². The first-order chi connectivity index (χ1) is 18.9. The fourth-order valence-corrected chi connectivity index (χ4v) is 7.91. The van der Waals surface area contributed by atoms with Crippen LogP contribution in [0.5, 0.6) is 0 Å². The molecule has 0 bridgehead atoms. The summed E-state index contributed by atoms with van der Waals surface area (Å²) in [6, 6.07) is 8.58. The molecule has 1 N–H and O–H groups in total. The fourth-order valence-electron chi connectivity index (χ4n) is 6.59. The number of aromatic nitrogens is 2. The maximum absolute atomic E-state index is 14.2. The highest BCUT2D eigenvalue weighted by atomic mass is 32.2. The summed E-state index contributed by atoms with van der Waals surface area (Å²) in [7, 11) is -4.35. The predicted octanol–water partition coefficient (Wildman–Crippen LogP) is 6.36. The van der Waals surface area contributed by atoms with Crippen molar-refractivity contribution in [3.63, 3.8) is 0 Å². The van der Waals surface area contributed by atoms with Gasteiger partial charge in [0.15, 0.2) is 0 Å². The number of nitrogens with one attached hydrogen (secondary N) is 1. The smallest absolute Gasteiger partial charge is 0.233 e. The summed E-state index contributed by atoms with van der Waals surface area (Å²) < 4.78 is 100. The number of fused-ring (bicyclic) bond motifs is 4. The zero-order chi connectivity index (χ0) is 28.4. The second-order valence-corrected chi connectivity index (χ2v) is 12.6. The molecule has 2 aromatic carbocycles. The minimum Gasteiger partial charge on any atom is -0.233 e. The predicted molar refractivity (Wildman–Crippen MR) is 139 cm³/mol. The first kappa shape index (κ1) is 26.9. The number of sulfonamides is 1.